The van der Waals surface area contributed by atoms with Gasteiger partial charge < -0.3 is 9.84 Å². The summed E-state index contributed by atoms with van der Waals surface area (Å²) in [7, 11) is 1.27. The highest BCUT2D eigenvalue weighted by Gasteiger charge is 2.33. The van der Waals surface area contributed by atoms with E-state index in [0.29, 0.717) is 6.42 Å². The summed E-state index contributed by atoms with van der Waals surface area (Å²) in [5.41, 5.74) is 1.17. The van der Waals surface area contributed by atoms with Crippen LogP contribution < -0.4 is 0 Å². The summed E-state index contributed by atoms with van der Waals surface area (Å²) in [6.45, 7) is 0. The van der Waals surface area contributed by atoms with Gasteiger partial charge in [0.25, 0.3) is 0 Å². The lowest BCUT2D eigenvalue weighted by Crippen LogP contribution is -2.27. The molecule has 1 rings (SSSR count). The second-order valence-corrected chi connectivity index (χ2v) is 5.91. The van der Waals surface area contributed by atoms with Gasteiger partial charge in [0.2, 0.25) is 4.33 Å². The van der Waals surface area contributed by atoms with Crippen LogP contribution in [0.1, 0.15) is 31.2 Å². The van der Waals surface area contributed by atoms with E-state index in [1.165, 1.54) is 12.7 Å². The van der Waals surface area contributed by atoms with Crippen molar-refractivity contribution in [3.63, 3.8) is 0 Å². The third-order valence-electron chi connectivity index (χ3n) is 2.88. The third kappa shape index (κ3) is 5.70. The molecule has 0 heterocycles. The fraction of sp³-hybridized carbons (Fsp3) is 0.500. The van der Waals surface area contributed by atoms with Gasteiger partial charge in [-0.2, -0.15) is 0 Å². The van der Waals surface area contributed by atoms with Gasteiger partial charge >= 0.3 is 5.97 Å². The Kier molecular flexibility index (Phi) is 6.46. The van der Waals surface area contributed by atoms with Crippen molar-refractivity contribution in [2.75, 3.05) is 7.11 Å². The van der Waals surface area contributed by atoms with Gasteiger partial charge in [-0.25, -0.2) is 4.79 Å². The van der Waals surface area contributed by atoms with Gasteiger partial charge in [0, 0.05) is 0 Å². The molecule has 1 aromatic rings. The smallest absolute Gasteiger partial charge is 0.342 e. The molecule has 3 nitrogen and oxygen atoms in total. The van der Waals surface area contributed by atoms with Crippen LogP contribution in [0.4, 0.5) is 0 Å². The molecule has 0 aliphatic rings. The molecule has 0 unspecified atom stereocenters. The number of ether oxygens (including phenoxy) is 1. The minimum atomic E-state index is -1.44. The third-order valence-corrected chi connectivity index (χ3v) is 3.56. The quantitative estimate of drug-likeness (QED) is 0.473. The maximum Gasteiger partial charge on any atom is 0.342 e. The minimum Gasteiger partial charge on any atom is -0.508 e. The number of phenols is 1. The van der Waals surface area contributed by atoms with E-state index < -0.39 is 10.3 Å². The highest BCUT2D eigenvalue weighted by Crippen LogP contribution is 2.29. The molecule has 0 spiro atoms. The maximum atomic E-state index is 11.2. The Morgan fingerprint density at radius 3 is 2.42 bits per heavy atom. The molecule has 5 heteroatoms. The van der Waals surface area contributed by atoms with E-state index >= 15 is 0 Å². The zero-order valence-electron chi connectivity index (χ0n) is 10.9. The van der Waals surface area contributed by atoms with Crippen molar-refractivity contribution >= 4 is 29.2 Å². The first-order valence-electron chi connectivity index (χ1n) is 6.20. The van der Waals surface area contributed by atoms with Crippen molar-refractivity contribution < 1.29 is 14.6 Å². The lowest BCUT2D eigenvalue weighted by molar-refractivity contribution is -0.141. The average Bonchev–Trinajstić information content (AvgIpc) is 2.39. The molecular formula is C14H18Cl2O3. The fourth-order valence-electron chi connectivity index (χ4n) is 1.77. The van der Waals surface area contributed by atoms with Crippen LogP contribution in [0.15, 0.2) is 24.3 Å². The zero-order valence-corrected chi connectivity index (χ0v) is 12.4. The average molecular weight is 305 g/mol. The van der Waals surface area contributed by atoms with Gasteiger partial charge in [0.1, 0.15) is 5.75 Å². The molecule has 0 bridgehead atoms. The largest absolute Gasteiger partial charge is 0.508 e. The molecule has 0 amide bonds. The van der Waals surface area contributed by atoms with Crippen LogP contribution in [0, 0.1) is 0 Å². The minimum absolute atomic E-state index is 0.274. The van der Waals surface area contributed by atoms with E-state index in [1.807, 2.05) is 12.1 Å². The molecule has 106 valence electrons. The van der Waals surface area contributed by atoms with Gasteiger partial charge in [-0.05, 0) is 43.4 Å². The van der Waals surface area contributed by atoms with Gasteiger partial charge in [-0.1, -0.05) is 41.8 Å². The molecule has 0 saturated carbocycles. The molecule has 0 fully saturated rings. The summed E-state index contributed by atoms with van der Waals surface area (Å²) < 4.78 is 3.09. The Morgan fingerprint density at radius 2 is 1.84 bits per heavy atom. The summed E-state index contributed by atoms with van der Waals surface area (Å²) in [6, 6.07) is 7.15. The van der Waals surface area contributed by atoms with Crippen LogP contribution >= 0.6 is 23.2 Å². The lowest BCUT2D eigenvalue weighted by atomic mass is 10.1. The van der Waals surface area contributed by atoms with Crippen LogP contribution in [0.3, 0.4) is 0 Å². The van der Waals surface area contributed by atoms with E-state index in [1.54, 1.807) is 12.1 Å². The van der Waals surface area contributed by atoms with Crippen molar-refractivity contribution in [2.45, 2.75) is 36.4 Å². The highest BCUT2D eigenvalue weighted by molar-refractivity contribution is 6.57. The number of halogens is 2. The Labute approximate surface area is 123 Å². The number of hydrogen-bond donors (Lipinski definition) is 1. The predicted molar refractivity (Wildman–Crippen MR) is 76.7 cm³/mol. The number of carbonyl (C=O) groups excluding carboxylic acids is 1. The van der Waals surface area contributed by atoms with Crippen LogP contribution in [-0.2, 0) is 16.0 Å². The Bertz CT molecular complexity index is 402. The summed E-state index contributed by atoms with van der Waals surface area (Å²) in [4.78, 5) is 11.2. The molecule has 0 aromatic heterocycles. The number of carbonyl (C=O) groups is 1. The molecule has 0 aliphatic carbocycles. The Hall–Kier alpha value is -0.930. The molecule has 0 aliphatic heterocycles. The molecule has 1 aromatic carbocycles. The van der Waals surface area contributed by atoms with Crippen LogP contribution in [0.25, 0.3) is 0 Å². The normalized spacial score (nSPS) is 11.3. The van der Waals surface area contributed by atoms with Gasteiger partial charge in [-0.15, -0.1) is 0 Å². The van der Waals surface area contributed by atoms with Crippen LogP contribution in [0.2, 0.25) is 0 Å². The number of benzene rings is 1. The van der Waals surface area contributed by atoms with Crippen molar-refractivity contribution in [1.82, 2.24) is 0 Å². The van der Waals surface area contributed by atoms with Crippen LogP contribution in [0.5, 0.6) is 5.75 Å². The molecular weight excluding hydrogens is 287 g/mol. The van der Waals surface area contributed by atoms with E-state index in [9.17, 15) is 4.79 Å². The van der Waals surface area contributed by atoms with Crippen molar-refractivity contribution in [2.24, 2.45) is 0 Å². The highest BCUT2D eigenvalue weighted by atomic mass is 35.5. The second kappa shape index (κ2) is 7.61. The zero-order chi connectivity index (χ0) is 14.3. The summed E-state index contributed by atoms with van der Waals surface area (Å²) >= 11 is 11.7. The predicted octanol–water partition coefficient (Wildman–Crippen LogP) is 3.84. The van der Waals surface area contributed by atoms with Crippen LogP contribution in [-0.4, -0.2) is 22.5 Å². The topological polar surface area (TPSA) is 46.5 Å². The Morgan fingerprint density at radius 1 is 1.21 bits per heavy atom. The second-order valence-electron chi connectivity index (χ2n) is 4.42. The fourth-order valence-corrected chi connectivity index (χ4v) is 2.19. The van der Waals surface area contributed by atoms with Crippen molar-refractivity contribution in [3.05, 3.63) is 29.8 Å². The number of aromatic hydroxyl groups is 1. The van der Waals surface area contributed by atoms with Gasteiger partial charge in [0.05, 0.1) is 7.11 Å². The number of unbranched alkanes of at least 4 members (excludes halogenated alkanes) is 2. The van der Waals surface area contributed by atoms with E-state index in [2.05, 4.69) is 4.74 Å². The summed E-state index contributed by atoms with van der Waals surface area (Å²) in [5, 5.41) is 9.16. The number of esters is 1. The first-order chi connectivity index (χ1) is 8.95. The molecule has 19 heavy (non-hydrogen) atoms. The van der Waals surface area contributed by atoms with Gasteiger partial charge in [0.15, 0.2) is 0 Å². The van der Waals surface area contributed by atoms with Gasteiger partial charge in [-0.3, -0.25) is 0 Å². The van der Waals surface area contributed by atoms with Crippen molar-refractivity contribution in [1.29, 1.82) is 0 Å². The number of methoxy groups -OCH3 is 1. The number of hydrogen-bond acceptors (Lipinski definition) is 3. The molecule has 0 saturated heterocycles. The number of alkyl halides is 2. The summed E-state index contributed by atoms with van der Waals surface area (Å²) in [5.74, 6) is -0.328. The Balaban J connectivity index is 2.21. The summed E-state index contributed by atoms with van der Waals surface area (Å²) in [6.07, 6.45) is 3.99. The van der Waals surface area contributed by atoms with Crippen molar-refractivity contribution in [3.8, 4) is 5.75 Å². The number of phenolic OH excluding ortho intramolecular Hbond substituents is 1. The molecule has 1 N–H and O–H groups in total. The first-order valence-corrected chi connectivity index (χ1v) is 6.95. The SMILES string of the molecule is COC(=O)C(Cl)(Cl)CCCCCc1ccc(O)cc1. The van der Waals surface area contributed by atoms with E-state index in [0.717, 1.165) is 25.7 Å². The first kappa shape index (κ1) is 16.1. The molecule has 0 radical (unpaired) electrons. The standard InChI is InChI=1S/C14H18Cl2O3/c1-19-13(18)14(15,16)10-4-2-3-5-11-6-8-12(17)9-7-11/h6-9,17H,2-5,10H2,1H3. The monoisotopic (exact) mass is 304 g/mol. The molecule has 0 atom stereocenters. The lowest BCUT2D eigenvalue weighted by Gasteiger charge is -2.15. The number of rotatable bonds is 7. The number of aryl methyl sites for hydroxylation is 1. The maximum absolute atomic E-state index is 11.2. The van der Waals surface area contributed by atoms with E-state index in [4.69, 9.17) is 28.3 Å². The van der Waals surface area contributed by atoms with E-state index in [-0.39, 0.29) is 5.75 Å².